The van der Waals surface area contributed by atoms with Gasteiger partial charge >= 0.3 is 5.63 Å². The van der Waals surface area contributed by atoms with Gasteiger partial charge in [-0.25, -0.2) is 4.79 Å². The largest absolute Gasteiger partial charge is 0.491 e. The van der Waals surface area contributed by atoms with E-state index in [1.54, 1.807) is 25.2 Å². The lowest BCUT2D eigenvalue weighted by Gasteiger charge is -2.15. The van der Waals surface area contributed by atoms with Crippen molar-refractivity contribution >= 4 is 16.9 Å². The third-order valence-corrected chi connectivity index (χ3v) is 3.73. The summed E-state index contributed by atoms with van der Waals surface area (Å²) in [5, 5.41) is 4.34. The maximum atomic E-state index is 12.6. The second kappa shape index (κ2) is 7.38. The first-order valence-corrected chi connectivity index (χ1v) is 8.19. The Bertz CT molecular complexity index is 963. The number of hydrogen-bond acceptors (Lipinski definition) is 7. The number of aromatic nitrogens is 2. The van der Waals surface area contributed by atoms with Crippen molar-refractivity contribution < 1.29 is 18.5 Å². The topological polar surface area (TPSA) is 98.7 Å². The smallest absolute Gasteiger partial charge is 0.349 e. The van der Waals surface area contributed by atoms with E-state index in [1.165, 1.54) is 17.4 Å². The maximum absolute atomic E-state index is 12.6. The normalized spacial score (nSPS) is 11.1. The Labute approximate surface area is 149 Å². The first-order chi connectivity index (χ1) is 12.4. The van der Waals surface area contributed by atoms with Crippen molar-refractivity contribution in [1.29, 1.82) is 0 Å². The number of fused-ring (bicyclic) bond motifs is 1. The van der Waals surface area contributed by atoms with Gasteiger partial charge in [0.15, 0.2) is 5.82 Å². The molecule has 2 aromatic heterocycles. The molecule has 136 valence electrons. The van der Waals surface area contributed by atoms with Gasteiger partial charge in [0.05, 0.1) is 6.10 Å². The summed E-state index contributed by atoms with van der Waals surface area (Å²) in [5.74, 6) is 0.673. The lowest BCUT2D eigenvalue weighted by molar-refractivity contribution is 0.0792. The van der Waals surface area contributed by atoms with E-state index >= 15 is 0 Å². The highest BCUT2D eigenvalue weighted by Crippen LogP contribution is 2.21. The average Bonchev–Trinajstić information content (AvgIpc) is 3.11. The molecule has 26 heavy (non-hydrogen) atoms. The van der Waals surface area contributed by atoms with Gasteiger partial charge in [-0.15, -0.1) is 0 Å². The van der Waals surface area contributed by atoms with Gasteiger partial charge in [0.25, 0.3) is 5.91 Å². The Morgan fingerprint density at radius 3 is 2.81 bits per heavy atom. The maximum Gasteiger partial charge on any atom is 0.349 e. The highest BCUT2D eigenvalue weighted by Gasteiger charge is 2.18. The van der Waals surface area contributed by atoms with Gasteiger partial charge in [0.1, 0.15) is 16.9 Å². The minimum absolute atomic E-state index is 0.00730. The van der Waals surface area contributed by atoms with E-state index in [9.17, 15) is 9.59 Å². The highest BCUT2D eigenvalue weighted by molar-refractivity contribution is 5.96. The average molecular weight is 357 g/mol. The number of carbonyl (C=O) groups excluding carboxylic acids is 1. The highest BCUT2D eigenvalue weighted by atomic mass is 16.5. The van der Waals surface area contributed by atoms with Gasteiger partial charge in [0.2, 0.25) is 6.39 Å². The zero-order valence-electron chi connectivity index (χ0n) is 14.8. The molecule has 2 heterocycles. The molecule has 0 bridgehead atoms. The molecule has 0 fully saturated rings. The van der Waals surface area contributed by atoms with Gasteiger partial charge in [-0.05, 0) is 32.0 Å². The summed E-state index contributed by atoms with van der Waals surface area (Å²) in [7, 11) is 1.60. The van der Waals surface area contributed by atoms with Crippen LogP contribution in [0.2, 0.25) is 0 Å². The van der Waals surface area contributed by atoms with E-state index in [-0.39, 0.29) is 11.7 Å². The lowest BCUT2D eigenvalue weighted by atomic mass is 10.1. The SMILES string of the molecule is CC(C)Oc1ccc2cc(C(=O)N(C)CCc3ncon3)c(=O)oc2c1. The molecule has 0 N–H and O–H groups in total. The Morgan fingerprint density at radius 1 is 1.31 bits per heavy atom. The van der Waals surface area contributed by atoms with Crippen LogP contribution in [0.1, 0.15) is 30.0 Å². The fourth-order valence-electron chi connectivity index (χ4n) is 2.46. The molecule has 0 saturated heterocycles. The standard InChI is InChI=1S/C18H19N3O5/c1-11(2)25-13-5-4-12-8-14(18(23)26-15(12)9-13)17(22)21(3)7-6-16-19-10-24-20-16/h4-5,8-11H,6-7H2,1-3H3. The second-order valence-electron chi connectivity index (χ2n) is 6.14. The van der Waals surface area contributed by atoms with Crippen molar-refractivity contribution in [2.75, 3.05) is 13.6 Å². The fourth-order valence-corrected chi connectivity index (χ4v) is 2.46. The first kappa shape index (κ1) is 17.7. The van der Waals surface area contributed by atoms with Crippen LogP contribution in [-0.4, -0.2) is 40.6 Å². The Balaban J connectivity index is 1.81. The fraction of sp³-hybridized carbons (Fsp3) is 0.333. The van der Waals surface area contributed by atoms with Crippen LogP contribution in [0.15, 0.2) is 44.4 Å². The number of benzene rings is 1. The van der Waals surface area contributed by atoms with E-state index in [2.05, 4.69) is 14.7 Å². The second-order valence-corrected chi connectivity index (χ2v) is 6.14. The predicted molar refractivity (Wildman–Crippen MR) is 93.2 cm³/mol. The molecule has 0 atom stereocenters. The molecule has 1 aromatic carbocycles. The first-order valence-electron chi connectivity index (χ1n) is 8.19. The molecule has 0 aliphatic heterocycles. The van der Waals surface area contributed by atoms with Gasteiger partial charge in [-0.2, -0.15) is 4.98 Å². The van der Waals surface area contributed by atoms with Crippen LogP contribution in [0, 0.1) is 0 Å². The molecule has 0 aliphatic rings. The quantitative estimate of drug-likeness (QED) is 0.624. The van der Waals surface area contributed by atoms with Crippen LogP contribution < -0.4 is 10.4 Å². The number of amides is 1. The van der Waals surface area contributed by atoms with Crippen LogP contribution in [0.4, 0.5) is 0 Å². The minimum atomic E-state index is -0.685. The van der Waals surface area contributed by atoms with E-state index in [1.807, 2.05) is 13.8 Å². The summed E-state index contributed by atoms with van der Waals surface area (Å²) in [5.41, 5.74) is -0.333. The van der Waals surface area contributed by atoms with Gasteiger partial charge < -0.3 is 18.6 Å². The van der Waals surface area contributed by atoms with Crippen molar-refractivity contribution in [3.05, 3.63) is 52.5 Å². The van der Waals surface area contributed by atoms with Gasteiger partial charge in [-0.1, -0.05) is 5.16 Å². The summed E-state index contributed by atoms with van der Waals surface area (Å²) < 4.78 is 15.6. The summed E-state index contributed by atoms with van der Waals surface area (Å²) in [6, 6.07) is 6.71. The van der Waals surface area contributed by atoms with Crippen LogP contribution in [-0.2, 0) is 6.42 Å². The van der Waals surface area contributed by atoms with Crippen LogP contribution in [0.3, 0.4) is 0 Å². The van der Waals surface area contributed by atoms with Crippen molar-refractivity contribution in [2.24, 2.45) is 0 Å². The van der Waals surface area contributed by atoms with Crippen molar-refractivity contribution in [1.82, 2.24) is 15.0 Å². The summed E-state index contributed by atoms with van der Waals surface area (Å²) >= 11 is 0. The minimum Gasteiger partial charge on any atom is -0.491 e. The van der Waals surface area contributed by atoms with E-state index in [4.69, 9.17) is 9.15 Å². The number of hydrogen-bond donors (Lipinski definition) is 0. The van der Waals surface area contributed by atoms with Crippen molar-refractivity contribution in [2.45, 2.75) is 26.4 Å². The molecule has 8 heteroatoms. The molecule has 3 rings (SSSR count). The van der Waals surface area contributed by atoms with Crippen LogP contribution in [0.25, 0.3) is 11.0 Å². The molecule has 8 nitrogen and oxygen atoms in total. The molecular weight excluding hydrogens is 338 g/mol. The Kier molecular flexibility index (Phi) is 5.01. The summed E-state index contributed by atoms with van der Waals surface area (Å²) in [6.07, 6.45) is 1.66. The zero-order valence-corrected chi connectivity index (χ0v) is 14.8. The van der Waals surface area contributed by atoms with Crippen molar-refractivity contribution in [3.63, 3.8) is 0 Å². The number of nitrogens with zero attached hydrogens (tertiary/aromatic N) is 3. The number of likely N-dealkylation sites (N-methyl/N-ethyl adjacent to an activating group) is 1. The molecule has 3 aromatic rings. The number of rotatable bonds is 6. The molecule has 1 amide bonds. The number of ether oxygens (including phenoxy) is 1. The van der Waals surface area contributed by atoms with Crippen LogP contribution in [0.5, 0.6) is 5.75 Å². The molecule has 0 unspecified atom stereocenters. The third kappa shape index (κ3) is 3.90. The molecule has 0 aliphatic carbocycles. The Morgan fingerprint density at radius 2 is 2.12 bits per heavy atom. The molecular formula is C18H19N3O5. The van der Waals surface area contributed by atoms with Crippen LogP contribution >= 0.6 is 0 Å². The van der Waals surface area contributed by atoms with Gasteiger partial charge in [-0.3, -0.25) is 4.79 Å². The summed E-state index contributed by atoms with van der Waals surface area (Å²) in [4.78, 5) is 30.1. The number of carbonyl (C=O) groups is 1. The molecule has 0 spiro atoms. The monoisotopic (exact) mass is 357 g/mol. The van der Waals surface area contributed by atoms with E-state index < -0.39 is 11.5 Å². The third-order valence-electron chi connectivity index (χ3n) is 3.73. The van der Waals surface area contributed by atoms with Gasteiger partial charge in [0, 0.05) is 31.5 Å². The Hall–Kier alpha value is -3.16. The molecule has 0 saturated carbocycles. The zero-order chi connectivity index (χ0) is 18.7. The van der Waals surface area contributed by atoms with E-state index in [0.29, 0.717) is 35.5 Å². The molecule has 0 radical (unpaired) electrons. The van der Waals surface area contributed by atoms with Crippen molar-refractivity contribution in [3.8, 4) is 5.75 Å². The lowest BCUT2D eigenvalue weighted by Crippen LogP contribution is -2.32. The summed E-state index contributed by atoms with van der Waals surface area (Å²) in [6.45, 7) is 4.16. The predicted octanol–water partition coefficient (Wildman–Crippen LogP) is 2.28. The van der Waals surface area contributed by atoms with E-state index in [0.717, 1.165) is 0 Å².